The molecule has 0 aromatic carbocycles. The van der Waals surface area contributed by atoms with Crippen molar-refractivity contribution in [2.75, 3.05) is 12.3 Å². The molecule has 96 valence electrons. The number of hydrogen-bond donors (Lipinski definition) is 2. The van der Waals surface area contributed by atoms with Gasteiger partial charge in [0.25, 0.3) is 5.56 Å². The molecule has 1 heterocycles. The van der Waals surface area contributed by atoms with Crippen molar-refractivity contribution in [3.8, 4) is 0 Å². The van der Waals surface area contributed by atoms with Crippen LogP contribution in [0.15, 0.2) is 4.79 Å². The van der Waals surface area contributed by atoms with Gasteiger partial charge in [0, 0.05) is 6.61 Å². The molecule has 0 aliphatic rings. The van der Waals surface area contributed by atoms with Crippen molar-refractivity contribution in [3.05, 3.63) is 21.7 Å². The van der Waals surface area contributed by atoms with Gasteiger partial charge in [-0.2, -0.15) is 0 Å². The molecule has 17 heavy (non-hydrogen) atoms. The SMILES string of the molecule is CCOC(C)(CC)c1nc(N)c(CC)c(=O)[nH]1. The number of hydrogen-bond acceptors (Lipinski definition) is 4. The van der Waals surface area contributed by atoms with Crippen LogP contribution < -0.4 is 11.3 Å². The van der Waals surface area contributed by atoms with E-state index in [2.05, 4.69) is 9.97 Å². The Bertz CT molecular complexity index is 442. The van der Waals surface area contributed by atoms with Crippen LogP contribution in [0.5, 0.6) is 0 Å². The van der Waals surface area contributed by atoms with E-state index < -0.39 is 5.60 Å². The van der Waals surface area contributed by atoms with Gasteiger partial charge < -0.3 is 15.5 Å². The van der Waals surface area contributed by atoms with Crippen LogP contribution >= 0.6 is 0 Å². The molecule has 0 spiro atoms. The van der Waals surface area contributed by atoms with E-state index in [0.29, 0.717) is 36.7 Å². The number of H-pyrrole nitrogens is 1. The third kappa shape index (κ3) is 2.66. The Kier molecular flexibility index (Phi) is 4.28. The molecule has 0 aliphatic heterocycles. The summed E-state index contributed by atoms with van der Waals surface area (Å²) in [5.41, 5.74) is 5.56. The second-order valence-electron chi connectivity index (χ2n) is 4.15. The van der Waals surface area contributed by atoms with Gasteiger partial charge in [0.1, 0.15) is 17.2 Å². The lowest BCUT2D eigenvalue weighted by Crippen LogP contribution is -2.32. The Hall–Kier alpha value is -1.36. The van der Waals surface area contributed by atoms with Crippen LogP contribution in [0.2, 0.25) is 0 Å². The van der Waals surface area contributed by atoms with Gasteiger partial charge in [-0.05, 0) is 26.7 Å². The maximum atomic E-state index is 11.8. The summed E-state index contributed by atoms with van der Waals surface area (Å²) >= 11 is 0. The summed E-state index contributed by atoms with van der Waals surface area (Å²) in [6.45, 7) is 8.24. The van der Waals surface area contributed by atoms with Gasteiger partial charge in [0.15, 0.2) is 0 Å². The molecule has 0 amide bonds. The Morgan fingerprint density at radius 3 is 2.47 bits per heavy atom. The zero-order valence-electron chi connectivity index (χ0n) is 11.0. The van der Waals surface area contributed by atoms with E-state index in [1.165, 1.54) is 0 Å². The van der Waals surface area contributed by atoms with Crippen LogP contribution in [0.3, 0.4) is 0 Å². The zero-order valence-corrected chi connectivity index (χ0v) is 11.0. The van der Waals surface area contributed by atoms with Crippen LogP contribution in [-0.2, 0) is 16.8 Å². The number of ether oxygens (including phenoxy) is 1. The lowest BCUT2D eigenvalue weighted by Gasteiger charge is -2.27. The Morgan fingerprint density at radius 2 is 2.06 bits per heavy atom. The van der Waals surface area contributed by atoms with Crippen molar-refractivity contribution in [2.45, 2.75) is 46.1 Å². The first kappa shape index (κ1) is 13.7. The van der Waals surface area contributed by atoms with Crippen molar-refractivity contribution in [3.63, 3.8) is 0 Å². The van der Waals surface area contributed by atoms with Crippen molar-refractivity contribution in [1.82, 2.24) is 9.97 Å². The molecule has 3 N–H and O–H groups in total. The number of anilines is 1. The summed E-state index contributed by atoms with van der Waals surface area (Å²) in [6, 6.07) is 0. The van der Waals surface area contributed by atoms with Crippen molar-refractivity contribution >= 4 is 5.82 Å². The zero-order chi connectivity index (χ0) is 13.1. The Balaban J connectivity index is 3.28. The van der Waals surface area contributed by atoms with Gasteiger partial charge in [-0.25, -0.2) is 4.98 Å². The van der Waals surface area contributed by atoms with E-state index in [4.69, 9.17) is 10.5 Å². The molecule has 5 heteroatoms. The minimum Gasteiger partial charge on any atom is -0.383 e. The number of nitrogens with zero attached hydrogens (tertiary/aromatic N) is 1. The quantitative estimate of drug-likeness (QED) is 0.817. The Morgan fingerprint density at radius 1 is 1.41 bits per heavy atom. The monoisotopic (exact) mass is 239 g/mol. The molecule has 0 saturated heterocycles. The summed E-state index contributed by atoms with van der Waals surface area (Å²) in [5.74, 6) is 0.798. The number of rotatable bonds is 5. The van der Waals surface area contributed by atoms with Crippen molar-refractivity contribution in [1.29, 1.82) is 0 Å². The highest BCUT2D eigenvalue weighted by Gasteiger charge is 2.28. The van der Waals surface area contributed by atoms with E-state index in [0.717, 1.165) is 0 Å². The Labute approximate surface area is 101 Å². The van der Waals surface area contributed by atoms with Gasteiger partial charge in [-0.1, -0.05) is 13.8 Å². The fourth-order valence-corrected chi connectivity index (χ4v) is 1.76. The van der Waals surface area contributed by atoms with Gasteiger partial charge in [-0.15, -0.1) is 0 Å². The third-order valence-electron chi connectivity index (χ3n) is 3.04. The summed E-state index contributed by atoms with van der Waals surface area (Å²) < 4.78 is 5.66. The molecule has 0 fully saturated rings. The number of aromatic amines is 1. The minimum atomic E-state index is -0.589. The summed E-state index contributed by atoms with van der Waals surface area (Å²) in [4.78, 5) is 18.9. The lowest BCUT2D eigenvalue weighted by atomic mass is 10.0. The molecule has 0 bridgehead atoms. The molecule has 0 saturated carbocycles. The van der Waals surface area contributed by atoms with Crippen molar-refractivity contribution < 1.29 is 4.74 Å². The van der Waals surface area contributed by atoms with Gasteiger partial charge >= 0.3 is 0 Å². The number of nitrogens with two attached hydrogens (primary N) is 1. The fourth-order valence-electron chi connectivity index (χ4n) is 1.76. The molecule has 1 rings (SSSR count). The predicted octanol–water partition coefficient (Wildman–Crippen LogP) is 1.58. The molecule has 5 nitrogen and oxygen atoms in total. The number of nitrogen functional groups attached to an aromatic ring is 1. The highest BCUT2D eigenvalue weighted by molar-refractivity contribution is 5.38. The second-order valence-corrected chi connectivity index (χ2v) is 4.15. The average Bonchev–Trinajstić information content (AvgIpc) is 2.28. The standard InChI is InChI=1S/C12H21N3O2/c1-5-8-9(13)14-11(15-10(8)16)12(4,6-2)17-7-3/h5-7H2,1-4H3,(H3,13,14,15,16). The van der Waals surface area contributed by atoms with E-state index in [9.17, 15) is 4.79 Å². The average molecular weight is 239 g/mol. The highest BCUT2D eigenvalue weighted by atomic mass is 16.5. The van der Waals surface area contributed by atoms with E-state index >= 15 is 0 Å². The molecule has 1 aromatic heterocycles. The number of nitrogens with one attached hydrogen (secondary N) is 1. The molecule has 1 aromatic rings. The molecular weight excluding hydrogens is 218 g/mol. The van der Waals surface area contributed by atoms with Gasteiger partial charge in [0.2, 0.25) is 0 Å². The smallest absolute Gasteiger partial charge is 0.256 e. The van der Waals surface area contributed by atoms with E-state index in [-0.39, 0.29) is 5.56 Å². The third-order valence-corrected chi connectivity index (χ3v) is 3.04. The van der Waals surface area contributed by atoms with Crippen LogP contribution in [0.4, 0.5) is 5.82 Å². The largest absolute Gasteiger partial charge is 0.383 e. The fraction of sp³-hybridized carbons (Fsp3) is 0.667. The molecule has 1 atom stereocenters. The summed E-state index contributed by atoms with van der Waals surface area (Å²) in [5, 5.41) is 0. The van der Waals surface area contributed by atoms with Gasteiger partial charge in [0.05, 0.1) is 5.56 Å². The molecule has 0 aliphatic carbocycles. The normalized spacial score (nSPS) is 14.6. The number of aromatic nitrogens is 2. The maximum absolute atomic E-state index is 11.8. The molecular formula is C12H21N3O2. The topological polar surface area (TPSA) is 81.0 Å². The first-order chi connectivity index (χ1) is 7.98. The van der Waals surface area contributed by atoms with Crippen molar-refractivity contribution in [2.24, 2.45) is 0 Å². The first-order valence-electron chi connectivity index (χ1n) is 6.01. The lowest BCUT2D eigenvalue weighted by molar-refractivity contribution is -0.0391. The van der Waals surface area contributed by atoms with E-state index in [1.54, 1.807) is 0 Å². The minimum absolute atomic E-state index is 0.172. The predicted molar refractivity (Wildman–Crippen MR) is 67.9 cm³/mol. The second kappa shape index (κ2) is 5.31. The maximum Gasteiger partial charge on any atom is 0.256 e. The highest BCUT2D eigenvalue weighted by Crippen LogP contribution is 2.26. The molecule has 0 radical (unpaired) electrons. The van der Waals surface area contributed by atoms with Crippen LogP contribution in [-0.4, -0.2) is 16.6 Å². The molecule has 1 unspecified atom stereocenters. The van der Waals surface area contributed by atoms with Crippen LogP contribution in [0.1, 0.15) is 45.5 Å². The van der Waals surface area contributed by atoms with E-state index in [1.807, 2.05) is 27.7 Å². The summed E-state index contributed by atoms with van der Waals surface area (Å²) in [7, 11) is 0. The van der Waals surface area contributed by atoms with Crippen LogP contribution in [0, 0.1) is 0 Å². The first-order valence-corrected chi connectivity index (χ1v) is 6.01. The van der Waals surface area contributed by atoms with Gasteiger partial charge in [-0.3, -0.25) is 4.79 Å². The van der Waals surface area contributed by atoms with Crippen LogP contribution in [0.25, 0.3) is 0 Å². The summed E-state index contributed by atoms with van der Waals surface area (Å²) in [6.07, 6.45) is 1.29.